The summed E-state index contributed by atoms with van der Waals surface area (Å²) in [6.07, 6.45) is 7.04. The third-order valence-corrected chi connectivity index (χ3v) is 5.21. The van der Waals surface area contributed by atoms with E-state index in [1.54, 1.807) is 0 Å². The molecule has 126 valence electrons. The lowest BCUT2D eigenvalue weighted by Crippen LogP contribution is -2.39. The van der Waals surface area contributed by atoms with Crippen LogP contribution in [0.25, 0.3) is 27.9 Å². The van der Waals surface area contributed by atoms with Gasteiger partial charge >= 0.3 is 0 Å². The van der Waals surface area contributed by atoms with Crippen molar-refractivity contribution in [3.63, 3.8) is 0 Å². The number of aliphatic hydroxyl groups is 1. The summed E-state index contributed by atoms with van der Waals surface area (Å²) in [6, 6.07) is 10.1. The van der Waals surface area contributed by atoms with Gasteiger partial charge in [-0.3, -0.25) is 4.40 Å². The van der Waals surface area contributed by atoms with Gasteiger partial charge in [0.05, 0.1) is 28.5 Å². The Morgan fingerprint density at radius 2 is 1.80 bits per heavy atom. The SMILES string of the molecule is OC1(c2ccc(-c3ncn4c3cnc3[nH]ccc34)cc2)CCNCC1. The summed E-state index contributed by atoms with van der Waals surface area (Å²) in [5.41, 5.74) is 5.02. The monoisotopic (exact) mass is 333 g/mol. The number of imidazole rings is 1. The van der Waals surface area contributed by atoms with Gasteiger partial charge in [-0.25, -0.2) is 9.97 Å². The van der Waals surface area contributed by atoms with Crippen LogP contribution in [0, 0.1) is 0 Å². The van der Waals surface area contributed by atoms with Crippen LogP contribution < -0.4 is 5.32 Å². The molecule has 3 N–H and O–H groups in total. The molecule has 4 heterocycles. The molecule has 3 aromatic heterocycles. The fourth-order valence-corrected chi connectivity index (χ4v) is 3.74. The Balaban J connectivity index is 1.56. The van der Waals surface area contributed by atoms with Crippen LogP contribution in [0.2, 0.25) is 0 Å². The number of aromatic nitrogens is 4. The van der Waals surface area contributed by atoms with Crippen molar-refractivity contribution >= 4 is 16.7 Å². The van der Waals surface area contributed by atoms with Crippen molar-refractivity contribution in [1.29, 1.82) is 0 Å². The lowest BCUT2D eigenvalue weighted by molar-refractivity contribution is 0.00595. The second-order valence-electron chi connectivity index (χ2n) is 6.68. The van der Waals surface area contributed by atoms with Crippen molar-refractivity contribution in [2.24, 2.45) is 0 Å². The van der Waals surface area contributed by atoms with E-state index in [4.69, 9.17) is 0 Å². The molecule has 1 aromatic carbocycles. The van der Waals surface area contributed by atoms with Crippen LogP contribution in [0.5, 0.6) is 0 Å². The summed E-state index contributed by atoms with van der Waals surface area (Å²) in [7, 11) is 0. The van der Waals surface area contributed by atoms with Crippen LogP contribution in [-0.2, 0) is 5.60 Å². The molecule has 0 radical (unpaired) electrons. The molecule has 0 amide bonds. The van der Waals surface area contributed by atoms with Crippen molar-refractivity contribution in [1.82, 2.24) is 24.7 Å². The summed E-state index contributed by atoms with van der Waals surface area (Å²) in [4.78, 5) is 12.2. The maximum Gasteiger partial charge on any atom is 0.154 e. The van der Waals surface area contributed by atoms with Gasteiger partial charge in [0, 0.05) is 11.8 Å². The summed E-state index contributed by atoms with van der Waals surface area (Å²) in [5, 5.41) is 14.2. The lowest BCUT2D eigenvalue weighted by atomic mass is 9.85. The fraction of sp³-hybridized carbons (Fsp3) is 0.263. The Bertz CT molecular complexity index is 1040. The van der Waals surface area contributed by atoms with Gasteiger partial charge < -0.3 is 15.4 Å². The van der Waals surface area contributed by atoms with E-state index in [0.29, 0.717) is 0 Å². The second kappa shape index (κ2) is 5.40. The zero-order chi connectivity index (χ0) is 16.9. The molecule has 1 aliphatic rings. The quantitative estimate of drug-likeness (QED) is 0.526. The molecule has 0 aliphatic carbocycles. The number of nitrogens with one attached hydrogen (secondary N) is 2. The Hall–Kier alpha value is -2.70. The first-order chi connectivity index (χ1) is 12.2. The molecule has 0 atom stereocenters. The van der Waals surface area contributed by atoms with Gasteiger partial charge in [0.2, 0.25) is 0 Å². The Morgan fingerprint density at radius 3 is 2.60 bits per heavy atom. The summed E-state index contributed by atoms with van der Waals surface area (Å²) in [6.45, 7) is 1.70. The first-order valence-corrected chi connectivity index (χ1v) is 8.58. The topological polar surface area (TPSA) is 78.2 Å². The van der Waals surface area contributed by atoms with Crippen LogP contribution in [0.1, 0.15) is 18.4 Å². The predicted octanol–water partition coefficient (Wildman–Crippen LogP) is 2.45. The second-order valence-corrected chi connectivity index (χ2v) is 6.68. The fourth-order valence-electron chi connectivity index (χ4n) is 3.74. The molecule has 6 heteroatoms. The molecule has 1 aliphatic heterocycles. The third-order valence-electron chi connectivity index (χ3n) is 5.21. The normalized spacial score (nSPS) is 17.3. The number of aromatic amines is 1. The van der Waals surface area contributed by atoms with Gasteiger partial charge in [-0.2, -0.15) is 0 Å². The number of hydrogen-bond acceptors (Lipinski definition) is 4. The highest BCUT2D eigenvalue weighted by Crippen LogP contribution is 2.32. The van der Waals surface area contributed by atoms with Crippen molar-refractivity contribution < 1.29 is 5.11 Å². The largest absolute Gasteiger partial charge is 0.385 e. The van der Waals surface area contributed by atoms with Crippen LogP contribution in [0.15, 0.2) is 49.1 Å². The number of fused-ring (bicyclic) bond motifs is 3. The van der Waals surface area contributed by atoms with Crippen LogP contribution in [-0.4, -0.2) is 37.5 Å². The number of hydrogen-bond donors (Lipinski definition) is 3. The van der Waals surface area contributed by atoms with Gasteiger partial charge in [-0.1, -0.05) is 24.3 Å². The predicted molar refractivity (Wildman–Crippen MR) is 96.3 cm³/mol. The van der Waals surface area contributed by atoms with E-state index >= 15 is 0 Å². The molecule has 6 nitrogen and oxygen atoms in total. The zero-order valence-corrected chi connectivity index (χ0v) is 13.7. The average molecular weight is 333 g/mol. The van der Waals surface area contributed by atoms with Crippen molar-refractivity contribution in [2.45, 2.75) is 18.4 Å². The minimum absolute atomic E-state index is 0.723. The lowest BCUT2D eigenvalue weighted by Gasteiger charge is -2.33. The van der Waals surface area contributed by atoms with Crippen LogP contribution in [0.4, 0.5) is 0 Å². The zero-order valence-electron chi connectivity index (χ0n) is 13.7. The molecule has 1 saturated heterocycles. The molecule has 4 aromatic rings. The molecule has 5 rings (SSSR count). The maximum absolute atomic E-state index is 10.9. The van der Waals surface area contributed by atoms with E-state index in [0.717, 1.165) is 59.4 Å². The van der Waals surface area contributed by atoms with E-state index < -0.39 is 5.60 Å². The molecule has 0 spiro atoms. The maximum atomic E-state index is 10.9. The highest BCUT2D eigenvalue weighted by molar-refractivity contribution is 5.83. The molecular weight excluding hydrogens is 314 g/mol. The number of H-pyrrole nitrogens is 1. The number of rotatable bonds is 2. The molecular formula is C19H19N5O. The van der Waals surface area contributed by atoms with E-state index in [2.05, 4.69) is 20.3 Å². The first-order valence-electron chi connectivity index (χ1n) is 8.58. The molecule has 0 unspecified atom stereocenters. The minimum Gasteiger partial charge on any atom is -0.385 e. The Morgan fingerprint density at radius 1 is 1.00 bits per heavy atom. The molecule has 0 bridgehead atoms. The van der Waals surface area contributed by atoms with Crippen molar-refractivity contribution in [3.8, 4) is 11.3 Å². The molecule has 0 saturated carbocycles. The molecule has 25 heavy (non-hydrogen) atoms. The van der Waals surface area contributed by atoms with E-state index in [1.807, 2.05) is 53.5 Å². The Labute approximate surface area is 144 Å². The van der Waals surface area contributed by atoms with Gasteiger partial charge in [0.1, 0.15) is 6.33 Å². The highest BCUT2D eigenvalue weighted by atomic mass is 16.3. The summed E-state index contributed by atoms with van der Waals surface area (Å²) < 4.78 is 2.04. The first kappa shape index (κ1) is 14.6. The van der Waals surface area contributed by atoms with E-state index in [1.165, 1.54) is 0 Å². The molecule has 1 fully saturated rings. The number of piperidine rings is 1. The van der Waals surface area contributed by atoms with Gasteiger partial charge in [-0.05, 0) is 37.6 Å². The number of benzene rings is 1. The van der Waals surface area contributed by atoms with Gasteiger partial charge in [-0.15, -0.1) is 0 Å². The van der Waals surface area contributed by atoms with Gasteiger partial charge in [0.15, 0.2) is 5.65 Å². The standard InChI is InChI=1S/C19H19N5O/c25-19(6-9-20-10-7-19)14-3-1-13(2-4-14)17-16-11-22-18-15(5-8-21-18)24(16)12-23-17/h1-5,8,11-12,20-21,25H,6-7,9-10H2. The minimum atomic E-state index is -0.723. The number of nitrogens with zero attached hydrogens (tertiary/aromatic N) is 3. The van der Waals surface area contributed by atoms with Crippen LogP contribution >= 0.6 is 0 Å². The van der Waals surface area contributed by atoms with Crippen molar-refractivity contribution in [3.05, 3.63) is 54.6 Å². The highest BCUT2D eigenvalue weighted by Gasteiger charge is 2.30. The summed E-state index contributed by atoms with van der Waals surface area (Å²) in [5.74, 6) is 0. The Kier molecular flexibility index (Phi) is 3.16. The van der Waals surface area contributed by atoms with E-state index in [9.17, 15) is 5.11 Å². The van der Waals surface area contributed by atoms with Gasteiger partial charge in [0.25, 0.3) is 0 Å². The van der Waals surface area contributed by atoms with Crippen LogP contribution in [0.3, 0.4) is 0 Å². The van der Waals surface area contributed by atoms with Crippen molar-refractivity contribution in [2.75, 3.05) is 13.1 Å². The third kappa shape index (κ3) is 2.26. The average Bonchev–Trinajstić information content (AvgIpc) is 3.28. The summed E-state index contributed by atoms with van der Waals surface area (Å²) >= 11 is 0. The smallest absolute Gasteiger partial charge is 0.154 e. The van der Waals surface area contributed by atoms with E-state index in [-0.39, 0.29) is 0 Å².